The lowest BCUT2D eigenvalue weighted by Gasteiger charge is -2.45. The molecule has 3 heterocycles. The number of cyclic esters (lactones) is 1. The highest BCUT2D eigenvalue weighted by atomic mass is 32.1. The van der Waals surface area contributed by atoms with Gasteiger partial charge in [-0.3, -0.25) is 4.79 Å². The SMILES string of the molecule is O=C1NC2(CO1)CN(C(=O)c1sc3cc(C4=CCC(F)(F)CC4)cc(F)c3c1C1=CCC(F)(F)CC1)C2. The Kier molecular flexibility index (Phi) is 5.46. The van der Waals surface area contributed by atoms with E-state index in [9.17, 15) is 27.2 Å². The van der Waals surface area contributed by atoms with Crippen LogP contribution >= 0.6 is 11.3 Å². The largest absolute Gasteiger partial charge is 0.447 e. The number of allylic oxidation sites excluding steroid dienone is 4. The van der Waals surface area contributed by atoms with Gasteiger partial charge in [0, 0.05) is 54.4 Å². The number of carbonyl (C=O) groups excluding carboxylic acids is 2. The van der Waals surface area contributed by atoms with Gasteiger partial charge < -0.3 is 15.0 Å². The number of alkyl halides is 4. The van der Waals surface area contributed by atoms with Gasteiger partial charge in [0.15, 0.2) is 0 Å². The van der Waals surface area contributed by atoms with Crippen molar-refractivity contribution in [1.82, 2.24) is 10.2 Å². The van der Waals surface area contributed by atoms with Crippen LogP contribution in [0.2, 0.25) is 0 Å². The second kappa shape index (κ2) is 8.28. The van der Waals surface area contributed by atoms with E-state index in [-0.39, 0.29) is 55.1 Å². The minimum absolute atomic E-state index is 0.00558. The van der Waals surface area contributed by atoms with Crippen molar-refractivity contribution in [2.75, 3.05) is 19.7 Å². The molecule has 0 radical (unpaired) electrons. The molecule has 0 saturated carbocycles. The lowest BCUT2D eigenvalue weighted by atomic mass is 9.87. The predicted molar refractivity (Wildman–Crippen MR) is 128 cm³/mol. The van der Waals surface area contributed by atoms with Crippen LogP contribution in [0.3, 0.4) is 0 Å². The number of hydrogen-bond donors (Lipinski definition) is 1. The number of hydrogen-bond acceptors (Lipinski definition) is 4. The van der Waals surface area contributed by atoms with Gasteiger partial charge in [0.2, 0.25) is 0 Å². The van der Waals surface area contributed by atoms with Crippen molar-refractivity contribution in [3.05, 3.63) is 46.1 Å². The second-order valence-corrected chi connectivity index (χ2v) is 11.4. The highest BCUT2D eigenvalue weighted by molar-refractivity contribution is 7.21. The van der Waals surface area contributed by atoms with E-state index in [0.717, 1.165) is 11.3 Å². The van der Waals surface area contributed by atoms with Crippen LogP contribution in [0.4, 0.5) is 26.7 Å². The van der Waals surface area contributed by atoms with E-state index in [1.165, 1.54) is 23.1 Å². The third-order valence-corrected chi connectivity index (χ3v) is 8.69. The molecule has 5 nitrogen and oxygen atoms in total. The number of nitrogens with one attached hydrogen (secondary N) is 1. The molecule has 2 saturated heterocycles. The minimum atomic E-state index is -2.86. The average Bonchev–Trinajstić information content (AvgIpc) is 3.39. The molecular formula is C26H23F5N2O3S. The van der Waals surface area contributed by atoms with Crippen molar-refractivity contribution in [3.8, 4) is 0 Å². The number of fused-ring (bicyclic) bond motifs is 1. The number of likely N-dealkylation sites (tertiary alicyclic amines) is 1. The number of alkyl carbamates (subject to hydrolysis) is 1. The van der Waals surface area contributed by atoms with Gasteiger partial charge in [0.1, 0.15) is 22.8 Å². The highest BCUT2D eigenvalue weighted by Crippen LogP contribution is 2.46. The summed E-state index contributed by atoms with van der Waals surface area (Å²) in [5.74, 6) is -6.63. The molecule has 4 aliphatic rings. The third-order valence-electron chi connectivity index (χ3n) is 7.56. The van der Waals surface area contributed by atoms with Crippen LogP contribution < -0.4 is 5.32 Å². The summed E-state index contributed by atoms with van der Waals surface area (Å²) in [4.78, 5) is 26.8. The van der Waals surface area contributed by atoms with E-state index >= 15 is 4.39 Å². The number of amides is 2. The van der Waals surface area contributed by atoms with Gasteiger partial charge in [-0.05, 0) is 41.7 Å². The van der Waals surface area contributed by atoms with Crippen molar-refractivity contribution in [1.29, 1.82) is 0 Å². The molecule has 0 atom stereocenters. The Hall–Kier alpha value is -2.95. The first-order valence-electron chi connectivity index (χ1n) is 12.1. The van der Waals surface area contributed by atoms with Crippen molar-refractivity contribution < 1.29 is 36.3 Å². The van der Waals surface area contributed by atoms with Crippen LogP contribution in [-0.4, -0.2) is 54.0 Å². The quantitative estimate of drug-likeness (QED) is 0.462. The van der Waals surface area contributed by atoms with Gasteiger partial charge in [-0.15, -0.1) is 11.3 Å². The van der Waals surface area contributed by atoms with Crippen LogP contribution in [0.5, 0.6) is 0 Å². The molecule has 2 aliphatic carbocycles. The Morgan fingerprint density at radius 2 is 1.65 bits per heavy atom. The minimum Gasteiger partial charge on any atom is -0.447 e. The van der Waals surface area contributed by atoms with E-state index in [4.69, 9.17) is 4.74 Å². The van der Waals surface area contributed by atoms with Gasteiger partial charge >= 0.3 is 6.09 Å². The smallest absolute Gasteiger partial charge is 0.407 e. The molecule has 0 unspecified atom stereocenters. The Bertz CT molecular complexity index is 1390. The first kappa shape index (κ1) is 24.4. The summed E-state index contributed by atoms with van der Waals surface area (Å²) >= 11 is 1.07. The van der Waals surface area contributed by atoms with E-state index in [0.29, 0.717) is 27.0 Å². The van der Waals surface area contributed by atoms with Gasteiger partial charge in [0.25, 0.3) is 17.8 Å². The number of halogens is 5. The molecule has 2 amide bonds. The fourth-order valence-electron chi connectivity index (χ4n) is 5.53. The van der Waals surface area contributed by atoms with Gasteiger partial charge in [-0.2, -0.15) is 0 Å². The molecule has 2 fully saturated rings. The molecule has 2 aliphatic heterocycles. The Morgan fingerprint density at radius 3 is 2.22 bits per heavy atom. The second-order valence-electron chi connectivity index (χ2n) is 10.4. The number of benzene rings is 1. The maximum Gasteiger partial charge on any atom is 0.407 e. The van der Waals surface area contributed by atoms with E-state index in [1.54, 1.807) is 6.07 Å². The lowest BCUT2D eigenvalue weighted by molar-refractivity contribution is -0.00667. The van der Waals surface area contributed by atoms with E-state index in [1.807, 2.05) is 0 Å². The van der Waals surface area contributed by atoms with Crippen LogP contribution in [0.15, 0.2) is 24.3 Å². The van der Waals surface area contributed by atoms with Crippen molar-refractivity contribution in [2.24, 2.45) is 0 Å². The zero-order chi connectivity index (χ0) is 26.2. The molecule has 2 aromatic rings. The summed E-state index contributed by atoms with van der Waals surface area (Å²) in [6.45, 7) is 0.579. The topological polar surface area (TPSA) is 58.6 Å². The third kappa shape index (κ3) is 4.30. The summed E-state index contributed by atoms with van der Waals surface area (Å²) in [5.41, 5.74) is 1.26. The zero-order valence-corrected chi connectivity index (χ0v) is 20.5. The zero-order valence-electron chi connectivity index (χ0n) is 19.6. The number of nitrogens with zero attached hydrogens (tertiary/aromatic N) is 1. The van der Waals surface area contributed by atoms with Gasteiger partial charge in [-0.1, -0.05) is 12.2 Å². The standard InChI is InChI=1S/C26H23F5N2O3S/c27-17-9-16(14-1-5-25(28,29)6-2-14)10-18-20(17)19(15-3-7-26(30,31)8-4-15)21(37-18)22(34)33-11-24(12-33)13-36-23(35)32-24/h1,3,9-10H,2,4-8,11-13H2,(H,32,35). The van der Waals surface area contributed by atoms with Crippen LogP contribution in [0, 0.1) is 5.82 Å². The van der Waals surface area contributed by atoms with Gasteiger partial charge in [-0.25, -0.2) is 26.7 Å². The van der Waals surface area contributed by atoms with Crippen LogP contribution in [-0.2, 0) is 4.74 Å². The van der Waals surface area contributed by atoms with Crippen LogP contribution in [0.1, 0.15) is 59.3 Å². The number of carbonyl (C=O) groups is 2. The average molecular weight is 539 g/mol. The Morgan fingerprint density at radius 1 is 1.00 bits per heavy atom. The first-order chi connectivity index (χ1) is 17.4. The fraction of sp³-hybridized carbons (Fsp3) is 0.462. The molecule has 1 aromatic carbocycles. The Labute approximate surface area is 212 Å². The molecule has 196 valence electrons. The molecule has 1 N–H and O–H groups in total. The molecule has 6 rings (SSSR count). The number of thiophene rings is 1. The molecule has 11 heteroatoms. The van der Waals surface area contributed by atoms with E-state index < -0.39 is 48.6 Å². The predicted octanol–water partition coefficient (Wildman–Crippen LogP) is 6.38. The molecule has 37 heavy (non-hydrogen) atoms. The van der Waals surface area contributed by atoms with Crippen molar-refractivity contribution in [2.45, 2.75) is 55.9 Å². The molecule has 0 bridgehead atoms. The molecule has 1 aromatic heterocycles. The monoisotopic (exact) mass is 538 g/mol. The number of ether oxygens (including phenoxy) is 1. The van der Waals surface area contributed by atoms with Crippen molar-refractivity contribution >= 4 is 44.6 Å². The maximum absolute atomic E-state index is 15.6. The van der Waals surface area contributed by atoms with Crippen molar-refractivity contribution in [3.63, 3.8) is 0 Å². The lowest BCUT2D eigenvalue weighted by Crippen LogP contribution is -2.69. The van der Waals surface area contributed by atoms with Crippen LogP contribution in [0.25, 0.3) is 21.2 Å². The normalized spacial score (nSPS) is 23.8. The maximum atomic E-state index is 15.6. The highest BCUT2D eigenvalue weighted by Gasteiger charge is 2.52. The molecule has 1 spiro atoms. The summed E-state index contributed by atoms with van der Waals surface area (Å²) < 4.78 is 76.1. The number of rotatable bonds is 3. The van der Waals surface area contributed by atoms with Gasteiger partial charge in [0.05, 0.1) is 0 Å². The first-order valence-corrected chi connectivity index (χ1v) is 12.9. The summed E-state index contributed by atoms with van der Waals surface area (Å²) in [7, 11) is 0. The van der Waals surface area contributed by atoms with E-state index in [2.05, 4.69) is 5.32 Å². The molecular weight excluding hydrogens is 515 g/mol. The Balaban J connectivity index is 1.40. The summed E-state index contributed by atoms with van der Waals surface area (Å²) in [6.07, 6.45) is 0.713. The fourth-order valence-corrected chi connectivity index (χ4v) is 6.79. The summed E-state index contributed by atoms with van der Waals surface area (Å²) in [5, 5.41) is 2.89. The summed E-state index contributed by atoms with van der Waals surface area (Å²) in [6, 6.07) is 2.98.